The van der Waals surface area contributed by atoms with Crippen molar-refractivity contribution in [3.05, 3.63) is 34.4 Å². The Morgan fingerprint density at radius 1 is 1.45 bits per heavy atom. The van der Waals surface area contributed by atoms with Gasteiger partial charge in [-0.2, -0.15) is 8.78 Å². The summed E-state index contributed by atoms with van der Waals surface area (Å²) in [6.07, 6.45) is 1.99. The van der Waals surface area contributed by atoms with E-state index in [1.165, 1.54) is 35.2 Å². The van der Waals surface area contributed by atoms with E-state index < -0.39 is 18.1 Å². The van der Waals surface area contributed by atoms with Crippen LogP contribution < -0.4 is 15.8 Å². The number of fused-ring (bicyclic) bond motifs is 1. The number of nitrogens with one attached hydrogen (secondary N) is 1. The minimum atomic E-state index is -2.96. The zero-order valence-corrected chi connectivity index (χ0v) is 18.4. The zero-order valence-electron chi connectivity index (χ0n) is 16.8. The number of nitrogens with zero attached hydrogens (tertiary/aromatic N) is 3. The van der Waals surface area contributed by atoms with E-state index in [1.54, 1.807) is 5.38 Å². The number of ether oxygens (including phenoxy) is 2. The first-order valence-electron chi connectivity index (χ1n) is 9.49. The van der Waals surface area contributed by atoms with Crippen LogP contribution in [0.3, 0.4) is 0 Å². The molecule has 2 aliphatic rings. The number of aromatic nitrogens is 2. The van der Waals surface area contributed by atoms with Crippen LogP contribution in [0.2, 0.25) is 0 Å². The molecule has 0 aliphatic carbocycles. The second kappa shape index (κ2) is 8.32. The van der Waals surface area contributed by atoms with Crippen molar-refractivity contribution in [2.24, 2.45) is 16.1 Å². The van der Waals surface area contributed by atoms with Gasteiger partial charge in [0.15, 0.2) is 5.17 Å². The Bertz CT molecular complexity index is 1000. The third kappa shape index (κ3) is 4.23. The molecule has 0 bridgehead atoms. The van der Waals surface area contributed by atoms with Gasteiger partial charge in [-0.3, -0.25) is 4.79 Å². The highest BCUT2D eigenvalue weighted by Crippen LogP contribution is 2.54. The SMILES string of the molecule is C[C@H]1C[C@@]2(C)CSC(N)=N[C@@]2(c2nc(NC(=O)c3ccc(OC(F)F)cn3)cs2)CO1. The summed E-state index contributed by atoms with van der Waals surface area (Å²) in [6, 6.07) is 2.55. The minimum absolute atomic E-state index is 0.0466. The van der Waals surface area contributed by atoms with E-state index in [4.69, 9.17) is 15.5 Å². The Kier molecular flexibility index (Phi) is 5.88. The first-order chi connectivity index (χ1) is 14.7. The molecule has 2 aliphatic heterocycles. The van der Waals surface area contributed by atoms with Crippen LogP contribution in [0.5, 0.6) is 5.75 Å². The van der Waals surface area contributed by atoms with Crippen LogP contribution in [0.15, 0.2) is 28.7 Å². The monoisotopic (exact) mass is 469 g/mol. The van der Waals surface area contributed by atoms with Gasteiger partial charge in [-0.15, -0.1) is 11.3 Å². The topological polar surface area (TPSA) is 112 Å². The van der Waals surface area contributed by atoms with Gasteiger partial charge in [0.05, 0.1) is 18.9 Å². The average Bonchev–Trinajstić information content (AvgIpc) is 3.17. The summed E-state index contributed by atoms with van der Waals surface area (Å²) in [5, 5.41) is 5.62. The number of hydrogen-bond acceptors (Lipinski definition) is 9. The highest BCUT2D eigenvalue weighted by Gasteiger charge is 2.57. The standard InChI is InChI=1S/C19H21F2N5O3S2/c1-10-5-18(2)9-31-17(22)26-19(18,8-28-10)15-25-13(7-30-15)24-14(27)12-4-3-11(6-23-12)29-16(20)21/h3-4,6-7,10,16H,5,8-9H2,1-2H3,(H2,22,26)(H,24,27)/t10-,18-,19+/m0/s1. The summed E-state index contributed by atoms with van der Waals surface area (Å²) >= 11 is 2.91. The average molecular weight is 470 g/mol. The molecular weight excluding hydrogens is 448 g/mol. The fourth-order valence-electron chi connectivity index (χ4n) is 3.85. The molecule has 166 valence electrons. The molecule has 0 radical (unpaired) electrons. The molecule has 3 atom stereocenters. The lowest BCUT2D eigenvalue weighted by Gasteiger charge is -2.51. The third-order valence-electron chi connectivity index (χ3n) is 5.45. The van der Waals surface area contributed by atoms with Crippen molar-refractivity contribution >= 4 is 40.0 Å². The number of alkyl halides is 2. The van der Waals surface area contributed by atoms with Crippen LogP contribution in [0, 0.1) is 5.41 Å². The molecule has 0 unspecified atom stereocenters. The summed E-state index contributed by atoms with van der Waals surface area (Å²) in [4.78, 5) is 25.8. The highest BCUT2D eigenvalue weighted by atomic mass is 32.2. The van der Waals surface area contributed by atoms with Gasteiger partial charge in [-0.25, -0.2) is 15.0 Å². The molecule has 0 spiro atoms. The molecule has 0 aromatic carbocycles. The van der Waals surface area contributed by atoms with Crippen molar-refractivity contribution in [1.82, 2.24) is 9.97 Å². The molecule has 2 aromatic heterocycles. The quantitative estimate of drug-likeness (QED) is 0.690. The molecule has 1 saturated heterocycles. The van der Waals surface area contributed by atoms with Gasteiger partial charge in [0.1, 0.15) is 27.8 Å². The van der Waals surface area contributed by atoms with Crippen LogP contribution in [0.4, 0.5) is 14.6 Å². The van der Waals surface area contributed by atoms with Crippen LogP contribution in [-0.4, -0.2) is 46.1 Å². The highest BCUT2D eigenvalue weighted by molar-refractivity contribution is 8.13. The Balaban J connectivity index is 1.55. The van der Waals surface area contributed by atoms with Gasteiger partial charge in [0.2, 0.25) is 0 Å². The molecule has 0 saturated carbocycles. The molecule has 2 aromatic rings. The summed E-state index contributed by atoms with van der Waals surface area (Å²) in [7, 11) is 0. The normalized spacial score (nSPS) is 28.0. The summed E-state index contributed by atoms with van der Waals surface area (Å²) in [5.74, 6) is 0.505. The maximum absolute atomic E-state index is 12.5. The molecule has 12 heteroatoms. The van der Waals surface area contributed by atoms with Gasteiger partial charge in [-0.1, -0.05) is 18.7 Å². The number of rotatable bonds is 5. The maximum atomic E-state index is 12.5. The number of amidine groups is 1. The van der Waals surface area contributed by atoms with Crippen molar-refractivity contribution in [1.29, 1.82) is 0 Å². The van der Waals surface area contributed by atoms with Gasteiger partial charge >= 0.3 is 6.61 Å². The Labute approximate surface area is 185 Å². The summed E-state index contributed by atoms with van der Waals surface area (Å²) < 4.78 is 34.7. The molecule has 1 fully saturated rings. The molecule has 4 heterocycles. The second-order valence-corrected chi connectivity index (χ2v) is 9.59. The number of carbonyl (C=O) groups is 1. The van der Waals surface area contributed by atoms with E-state index in [-0.39, 0.29) is 23.0 Å². The number of thiazole rings is 1. The molecule has 4 rings (SSSR count). The molecule has 8 nitrogen and oxygen atoms in total. The third-order valence-corrected chi connectivity index (χ3v) is 7.61. The van der Waals surface area contributed by atoms with Crippen molar-refractivity contribution < 1.29 is 23.0 Å². The van der Waals surface area contributed by atoms with Crippen LogP contribution in [-0.2, 0) is 10.3 Å². The Morgan fingerprint density at radius 2 is 2.26 bits per heavy atom. The number of halogens is 2. The van der Waals surface area contributed by atoms with Crippen molar-refractivity contribution in [3.63, 3.8) is 0 Å². The van der Waals surface area contributed by atoms with E-state index >= 15 is 0 Å². The van der Waals surface area contributed by atoms with Gasteiger partial charge < -0.3 is 20.5 Å². The zero-order chi connectivity index (χ0) is 22.2. The molecule has 3 N–H and O–H groups in total. The van der Waals surface area contributed by atoms with E-state index in [9.17, 15) is 13.6 Å². The number of pyridine rings is 1. The minimum Gasteiger partial charge on any atom is -0.433 e. The van der Waals surface area contributed by atoms with Gasteiger partial charge in [0.25, 0.3) is 5.91 Å². The van der Waals surface area contributed by atoms with E-state index in [2.05, 4.69) is 26.9 Å². The summed E-state index contributed by atoms with van der Waals surface area (Å²) in [6.45, 7) is 1.61. The first kappa shape index (κ1) is 21.9. The molecule has 1 amide bonds. The fourth-order valence-corrected chi connectivity index (χ4v) is 5.93. The van der Waals surface area contributed by atoms with Gasteiger partial charge in [0, 0.05) is 16.5 Å². The van der Waals surface area contributed by atoms with E-state index in [1.807, 2.05) is 6.92 Å². The number of hydrogen-bond donors (Lipinski definition) is 2. The van der Waals surface area contributed by atoms with Crippen molar-refractivity contribution in [3.8, 4) is 5.75 Å². The number of thioether (sulfide) groups is 1. The Morgan fingerprint density at radius 3 is 2.97 bits per heavy atom. The van der Waals surface area contributed by atoms with Crippen molar-refractivity contribution in [2.75, 3.05) is 17.7 Å². The fraction of sp³-hybridized carbons (Fsp3) is 0.474. The van der Waals surface area contributed by atoms with Crippen LogP contribution in [0.1, 0.15) is 35.8 Å². The van der Waals surface area contributed by atoms with E-state index in [0.29, 0.717) is 22.6 Å². The molecular formula is C19H21F2N5O3S2. The number of amides is 1. The van der Waals surface area contributed by atoms with E-state index in [0.717, 1.165) is 18.4 Å². The summed E-state index contributed by atoms with van der Waals surface area (Å²) in [5.41, 5.74) is 5.20. The second-order valence-electron chi connectivity index (χ2n) is 7.74. The predicted octanol–water partition coefficient (Wildman–Crippen LogP) is 3.46. The predicted molar refractivity (Wildman–Crippen MR) is 115 cm³/mol. The number of aliphatic imine (C=N–C) groups is 1. The number of nitrogens with two attached hydrogens (primary N) is 1. The van der Waals surface area contributed by atoms with Crippen LogP contribution in [0.25, 0.3) is 0 Å². The van der Waals surface area contributed by atoms with Crippen LogP contribution >= 0.6 is 23.1 Å². The smallest absolute Gasteiger partial charge is 0.387 e. The lowest BCUT2D eigenvalue weighted by molar-refractivity contribution is -0.0861. The number of carbonyl (C=O) groups excluding carboxylic acids is 1. The Hall–Kier alpha value is -2.31. The first-order valence-corrected chi connectivity index (χ1v) is 11.4. The van der Waals surface area contributed by atoms with Gasteiger partial charge in [-0.05, 0) is 25.5 Å². The maximum Gasteiger partial charge on any atom is 0.387 e. The largest absolute Gasteiger partial charge is 0.433 e. The lowest BCUT2D eigenvalue weighted by atomic mass is 9.68. The number of anilines is 1. The lowest BCUT2D eigenvalue weighted by Crippen LogP contribution is -2.56. The molecule has 31 heavy (non-hydrogen) atoms. The van der Waals surface area contributed by atoms with Crippen molar-refractivity contribution in [2.45, 2.75) is 38.5 Å².